The van der Waals surface area contributed by atoms with E-state index in [1.165, 1.54) is 51.6 Å². The van der Waals surface area contributed by atoms with Gasteiger partial charge in [0.05, 0.1) is 0 Å². The lowest BCUT2D eigenvalue weighted by Gasteiger charge is -2.37. The van der Waals surface area contributed by atoms with Gasteiger partial charge < -0.3 is 4.90 Å². The second kappa shape index (κ2) is 12.4. The van der Waals surface area contributed by atoms with Crippen molar-refractivity contribution in [3.8, 4) is 0 Å². The number of piperidine rings is 1. The number of hydrogen-bond acceptors (Lipinski definition) is 1. The Morgan fingerprint density at radius 3 is 1.35 bits per heavy atom. The van der Waals surface area contributed by atoms with Gasteiger partial charge in [-0.3, -0.25) is 0 Å². The first kappa shape index (κ1) is 19.3. The second-order valence-corrected chi connectivity index (χ2v) is 4.51. The summed E-state index contributed by atoms with van der Waals surface area (Å²) >= 11 is 0. The average Bonchev–Trinajstić information content (AvgIpc) is 2.89. The Bertz CT molecular complexity index is 126. The summed E-state index contributed by atoms with van der Waals surface area (Å²) in [5.74, 6) is 0. The molecule has 1 saturated heterocycles. The molecule has 0 radical (unpaired) electrons. The van der Waals surface area contributed by atoms with Gasteiger partial charge in [0.2, 0.25) is 0 Å². The number of hydrogen-bond donors (Lipinski definition) is 0. The van der Waals surface area contributed by atoms with Crippen LogP contribution in [0.2, 0.25) is 0 Å². The van der Waals surface area contributed by atoms with Gasteiger partial charge in [0, 0.05) is 0 Å². The maximum Gasteiger partial charge on any atom is -0.00165 e. The summed E-state index contributed by atoms with van der Waals surface area (Å²) < 4.78 is 0. The molecule has 1 nitrogen and oxygen atoms in total. The zero-order valence-corrected chi connectivity index (χ0v) is 13.6. The van der Waals surface area contributed by atoms with Crippen molar-refractivity contribution in [3.05, 3.63) is 0 Å². The predicted octanol–water partition coefficient (Wildman–Crippen LogP) is 5.35. The summed E-state index contributed by atoms with van der Waals surface area (Å²) in [5.41, 5.74) is 0.812. The molecule has 2 aliphatic rings. The first-order valence-electron chi connectivity index (χ1n) is 7.99. The topological polar surface area (TPSA) is 3.24 Å². The monoisotopic (exact) mass is 243 g/mol. The Hall–Kier alpha value is -0.0400. The van der Waals surface area contributed by atoms with Crippen LogP contribution in [-0.4, -0.2) is 25.0 Å². The van der Waals surface area contributed by atoms with E-state index in [2.05, 4.69) is 11.9 Å². The molecule has 0 aromatic carbocycles. The SMILES string of the molecule is CC.CC.CC.CN1CCC2(CCCC2)CC1. The van der Waals surface area contributed by atoms with Crippen LogP contribution in [0.3, 0.4) is 0 Å². The fourth-order valence-electron chi connectivity index (χ4n) is 2.72. The minimum absolute atomic E-state index is 0.812. The lowest BCUT2D eigenvalue weighted by molar-refractivity contribution is 0.128. The van der Waals surface area contributed by atoms with Crippen LogP contribution in [0.5, 0.6) is 0 Å². The van der Waals surface area contributed by atoms with E-state index < -0.39 is 0 Å². The van der Waals surface area contributed by atoms with Crippen molar-refractivity contribution in [2.75, 3.05) is 20.1 Å². The van der Waals surface area contributed by atoms with Crippen LogP contribution in [0, 0.1) is 5.41 Å². The highest BCUT2D eigenvalue weighted by Crippen LogP contribution is 2.45. The van der Waals surface area contributed by atoms with E-state index in [1.54, 1.807) is 0 Å². The lowest BCUT2D eigenvalue weighted by Crippen LogP contribution is -2.36. The molecule has 2 fully saturated rings. The zero-order valence-electron chi connectivity index (χ0n) is 13.6. The Morgan fingerprint density at radius 2 is 1.00 bits per heavy atom. The summed E-state index contributed by atoms with van der Waals surface area (Å²) in [6.07, 6.45) is 9.02. The molecule has 0 N–H and O–H groups in total. The van der Waals surface area contributed by atoms with E-state index in [4.69, 9.17) is 0 Å². The van der Waals surface area contributed by atoms with Crippen LogP contribution in [0.1, 0.15) is 80.1 Å². The quantitative estimate of drug-likeness (QED) is 0.554. The van der Waals surface area contributed by atoms with Gasteiger partial charge >= 0.3 is 0 Å². The summed E-state index contributed by atoms with van der Waals surface area (Å²) in [7, 11) is 2.25. The van der Waals surface area contributed by atoms with Crippen LogP contribution in [0.4, 0.5) is 0 Å². The molecule has 0 bridgehead atoms. The highest BCUT2D eigenvalue weighted by Gasteiger charge is 2.35. The van der Waals surface area contributed by atoms with Crippen LogP contribution < -0.4 is 0 Å². The fraction of sp³-hybridized carbons (Fsp3) is 1.00. The minimum Gasteiger partial charge on any atom is -0.306 e. The Balaban J connectivity index is 0. The van der Waals surface area contributed by atoms with Crippen molar-refractivity contribution in [2.24, 2.45) is 5.41 Å². The molecule has 1 aliphatic carbocycles. The van der Waals surface area contributed by atoms with Crippen LogP contribution in [0.15, 0.2) is 0 Å². The molecule has 1 spiro atoms. The molecule has 1 heteroatoms. The van der Waals surface area contributed by atoms with Gasteiger partial charge in [-0.25, -0.2) is 0 Å². The highest BCUT2D eigenvalue weighted by atomic mass is 15.1. The molecule has 0 aromatic heterocycles. The van der Waals surface area contributed by atoms with E-state index in [1.807, 2.05) is 41.5 Å². The van der Waals surface area contributed by atoms with Crippen LogP contribution in [-0.2, 0) is 0 Å². The minimum atomic E-state index is 0.812. The smallest absolute Gasteiger partial charge is 0.00165 e. The van der Waals surface area contributed by atoms with Crippen molar-refractivity contribution in [3.63, 3.8) is 0 Å². The van der Waals surface area contributed by atoms with E-state index in [0.717, 1.165) is 5.41 Å². The molecule has 0 amide bonds. The molecule has 0 unspecified atom stereocenters. The first-order valence-corrected chi connectivity index (χ1v) is 7.99. The van der Waals surface area contributed by atoms with Crippen molar-refractivity contribution in [1.29, 1.82) is 0 Å². The Labute approximate surface area is 111 Å². The van der Waals surface area contributed by atoms with E-state index >= 15 is 0 Å². The van der Waals surface area contributed by atoms with Gasteiger partial charge in [0.25, 0.3) is 0 Å². The summed E-state index contributed by atoms with van der Waals surface area (Å²) in [6, 6.07) is 0. The Kier molecular flexibility index (Phi) is 14.1. The third-order valence-corrected chi connectivity index (χ3v) is 3.71. The fourth-order valence-corrected chi connectivity index (χ4v) is 2.72. The standard InChI is InChI=1S/C10H19N.3C2H6/c1-11-8-6-10(7-9-11)4-2-3-5-10;3*1-2/h2-9H2,1H3;3*1-2H3. The van der Waals surface area contributed by atoms with Gasteiger partial charge in [-0.15, -0.1) is 0 Å². The summed E-state index contributed by atoms with van der Waals surface area (Å²) in [6.45, 7) is 14.7. The largest absolute Gasteiger partial charge is 0.306 e. The third kappa shape index (κ3) is 7.08. The van der Waals surface area contributed by atoms with Gasteiger partial charge in [0.1, 0.15) is 0 Å². The number of nitrogens with zero attached hydrogens (tertiary/aromatic N) is 1. The van der Waals surface area contributed by atoms with Crippen molar-refractivity contribution in [1.82, 2.24) is 4.90 Å². The zero-order chi connectivity index (χ0) is 13.7. The second-order valence-electron chi connectivity index (χ2n) is 4.51. The molecular formula is C16H37N. The van der Waals surface area contributed by atoms with Gasteiger partial charge in [-0.2, -0.15) is 0 Å². The van der Waals surface area contributed by atoms with Gasteiger partial charge in [-0.05, 0) is 51.2 Å². The molecule has 1 heterocycles. The van der Waals surface area contributed by atoms with E-state index in [9.17, 15) is 0 Å². The normalized spacial score (nSPS) is 21.4. The average molecular weight is 243 g/mol. The maximum atomic E-state index is 2.48. The van der Waals surface area contributed by atoms with Crippen LogP contribution in [0.25, 0.3) is 0 Å². The predicted molar refractivity (Wildman–Crippen MR) is 81.7 cm³/mol. The first-order chi connectivity index (χ1) is 8.31. The third-order valence-electron chi connectivity index (χ3n) is 3.71. The van der Waals surface area contributed by atoms with Crippen molar-refractivity contribution < 1.29 is 0 Å². The van der Waals surface area contributed by atoms with Crippen molar-refractivity contribution in [2.45, 2.75) is 80.1 Å². The Morgan fingerprint density at radius 1 is 0.647 bits per heavy atom. The van der Waals surface area contributed by atoms with Crippen LogP contribution >= 0.6 is 0 Å². The molecule has 0 atom stereocenters. The maximum absolute atomic E-state index is 2.48. The number of likely N-dealkylation sites (tertiary alicyclic amines) is 1. The molecular weight excluding hydrogens is 206 g/mol. The highest BCUT2D eigenvalue weighted by molar-refractivity contribution is 4.88. The van der Waals surface area contributed by atoms with Gasteiger partial charge in [0.15, 0.2) is 0 Å². The van der Waals surface area contributed by atoms with Crippen molar-refractivity contribution >= 4 is 0 Å². The molecule has 1 saturated carbocycles. The van der Waals surface area contributed by atoms with E-state index in [-0.39, 0.29) is 0 Å². The van der Waals surface area contributed by atoms with Gasteiger partial charge in [-0.1, -0.05) is 54.4 Å². The summed E-state index contributed by atoms with van der Waals surface area (Å²) in [5, 5.41) is 0. The lowest BCUT2D eigenvalue weighted by atomic mass is 9.77. The van der Waals surface area contributed by atoms with E-state index in [0.29, 0.717) is 0 Å². The summed E-state index contributed by atoms with van der Waals surface area (Å²) in [4.78, 5) is 2.48. The molecule has 1 aliphatic heterocycles. The molecule has 0 aromatic rings. The molecule has 106 valence electrons. The number of rotatable bonds is 0. The molecule has 17 heavy (non-hydrogen) atoms. The molecule has 2 rings (SSSR count).